The lowest BCUT2D eigenvalue weighted by Gasteiger charge is -2.30. The van der Waals surface area contributed by atoms with Gasteiger partial charge in [0.1, 0.15) is 18.2 Å². The van der Waals surface area contributed by atoms with Crippen molar-refractivity contribution in [3.05, 3.63) is 107 Å². The lowest BCUT2D eigenvalue weighted by atomic mass is 9.77. The van der Waals surface area contributed by atoms with Gasteiger partial charge in [-0.1, -0.05) is 47.7 Å². The van der Waals surface area contributed by atoms with Gasteiger partial charge in [-0.15, -0.1) is 0 Å². The summed E-state index contributed by atoms with van der Waals surface area (Å²) < 4.78 is 27.4. The predicted octanol–water partition coefficient (Wildman–Crippen LogP) is 5.08. The van der Waals surface area contributed by atoms with Gasteiger partial charge in [0.25, 0.3) is 17.7 Å². The van der Waals surface area contributed by atoms with Crippen molar-refractivity contribution in [3.63, 3.8) is 0 Å². The van der Waals surface area contributed by atoms with Crippen LogP contribution in [0.2, 0.25) is 0 Å². The Kier molecular flexibility index (Phi) is 6.64. The van der Waals surface area contributed by atoms with Gasteiger partial charge in [0.2, 0.25) is 0 Å². The van der Waals surface area contributed by atoms with E-state index in [9.17, 15) is 23.2 Å². The molecule has 0 unspecified atom stereocenters. The first-order chi connectivity index (χ1) is 20.9. The third-order valence-corrected chi connectivity index (χ3v) is 8.35. The molecule has 0 bridgehead atoms. The van der Waals surface area contributed by atoms with Crippen LogP contribution in [-0.2, 0) is 14.4 Å². The minimum atomic E-state index is -1.04. The molecule has 0 N–H and O–H groups in total. The van der Waals surface area contributed by atoms with Crippen molar-refractivity contribution >= 4 is 35.2 Å². The summed E-state index contributed by atoms with van der Waals surface area (Å²) in [5, 5.41) is 15.6. The first-order valence-electron chi connectivity index (χ1n) is 14.1. The average Bonchev–Trinajstić information content (AvgIpc) is 3.68. The van der Waals surface area contributed by atoms with E-state index in [0.29, 0.717) is 5.69 Å². The standard InChI is InChI=1S/C32H26F2N6O3/c33-22-13-9-19(10-14-22)17-21-5-4-8-25-27(21)36-40(29(25)20-11-15-23(34)16-12-20)26(41)18-38-30-28(35-37-38)31(42)39(32(30)43)24-6-2-1-3-7-24/h1-3,6-7,9-17,25,28-30H,4-5,8,18H2/b21-17+/t25-,28+,29-,30-/m0/s1. The Labute approximate surface area is 245 Å². The molecule has 9 nitrogen and oxygen atoms in total. The van der Waals surface area contributed by atoms with E-state index in [1.807, 2.05) is 6.08 Å². The van der Waals surface area contributed by atoms with Crippen LogP contribution in [0.1, 0.15) is 36.4 Å². The van der Waals surface area contributed by atoms with Crippen molar-refractivity contribution in [3.8, 4) is 0 Å². The lowest BCUT2D eigenvalue weighted by Crippen LogP contribution is -2.45. The summed E-state index contributed by atoms with van der Waals surface area (Å²) in [5.74, 6) is -2.29. The molecule has 1 saturated carbocycles. The molecule has 0 radical (unpaired) electrons. The number of carbonyl (C=O) groups excluding carboxylic acids is 3. The molecule has 3 amide bonds. The lowest BCUT2D eigenvalue weighted by molar-refractivity contribution is -0.136. The summed E-state index contributed by atoms with van der Waals surface area (Å²) in [5.41, 5.74) is 3.67. The normalized spacial score (nSPS) is 25.4. The fraction of sp³-hybridized carbons (Fsp3) is 0.250. The number of amides is 3. The van der Waals surface area contributed by atoms with Crippen LogP contribution in [0.25, 0.3) is 6.08 Å². The number of rotatable bonds is 5. The zero-order valence-electron chi connectivity index (χ0n) is 22.9. The van der Waals surface area contributed by atoms with Crippen LogP contribution in [0, 0.1) is 17.6 Å². The fourth-order valence-corrected chi connectivity index (χ4v) is 6.36. The largest absolute Gasteiger partial charge is 0.271 e. The predicted molar refractivity (Wildman–Crippen MR) is 153 cm³/mol. The number of halogens is 2. The summed E-state index contributed by atoms with van der Waals surface area (Å²) in [6, 6.07) is 18.2. The molecule has 3 aliphatic heterocycles. The average molecular weight is 581 g/mol. The molecule has 216 valence electrons. The Balaban J connectivity index is 1.19. The highest BCUT2D eigenvalue weighted by Gasteiger charge is 2.55. The molecule has 1 saturated heterocycles. The van der Waals surface area contributed by atoms with Crippen LogP contribution in [0.4, 0.5) is 14.5 Å². The zero-order valence-corrected chi connectivity index (χ0v) is 22.9. The number of anilines is 1. The number of carbonyl (C=O) groups is 3. The molecule has 3 heterocycles. The SMILES string of the molecule is O=C1[C@@H]2[C@@H](N=NN2CC(=O)N2N=C3/C(=C/c4ccc(F)cc4)CCC[C@@H]3[C@@H]2c2ccc(F)cc2)C(=O)N1c1ccccc1. The fourth-order valence-electron chi connectivity index (χ4n) is 6.36. The van der Waals surface area contributed by atoms with Gasteiger partial charge in [0, 0.05) is 5.92 Å². The molecule has 1 aliphatic carbocycles. The second-order valence-electron chi connectivity index (χ2n) is 11.0. The Morgan fingerprint density at radius 3 is 2.30 bits per heavy atom. The summed E-state index contributed by atoms with van der Waals surface area (Å²) in [6.07, 6.45) is 4.31. The first kappa shape index (κ1) is 26.8. The molecule has 4 atom stereocenters. The van der Waals surface area contributed by atoms with Crippen molar-refractivity contribution < 1.29 is 23.2 Å². The topological polar surface area (TPSA) is 98.0 Å². The highest BCUT2D eigenvalue weighted by Crippen LogP contribution is 2.45. The van der Waals surface area contributed by atoms with Gasteiger partial charge < -0.3 is 0 Å². The molecule has 0 spiro atoms. The third kappa shape index (κ3) is 4.70. The number of allylic oxidation sites excluding steroid dienone is 1. The number of nitrogens with zero attached hydrogens (tertiary/aromatic N) is 6. The molecule has 2 fully saturated rings. The zero-order chi connectivity index (χ0) is 29.7. The van der Waals surface area contributed by atoms with Crippen molar-refractivity contribution in [1.82, 2.24) is 10.0 Å². The van der Waals surface area contributed by atoms with E-state index in [-0.39, 0.29) is 18.3 Å². The molecule has 11 heteroatoms. The Bertz CT molecular complexity index is 1690. The molecule has 0 aromatic heterocycles. The molecule has 4 aliphatic rings. The second kappa shape index (κ2) is 10.6. The van der Waals surface area contributed by atoms with Gasteiger partial charge in [0.05, 0.1) is 17.4 Å². The van der Waals surface area contributed by atoms with E-state index >= 15 is 0 Å². The van der Waals surface area contributed by atoms with Crippen LogP contribution >= 0.6 is 0 Å². The molecular weight excluding hydrogens is 554 g/mol. The van der Waals surface area contributed by atoms with E-state index in [2.05, 4.69) is 10.3 Å². The number of benzene rings is 3. The first-order valence-corrected chi connectivity index (χ1v) is 14.1. The van der Waals surface area contributed by atoms with E-state index < -0.39 is 41.7 Å². The van der Waals surface area contributed by atoms with E-state index in [1.165, 1.54) is 34.3 Å². The van der Waals surface area contributed by atoms with Crippen molar-refractivity contribution in [1.29, 1.82) is 0 Å². The second-order valence-corrected chi connectivity index (χ2v) is 11.0. The number of hydrogen-bond acceptors (Lipinski definition) is 7. The maximum atomic E-state index is 14.0. The molecular formula is C32H26F2N6O3. The number of para-hydroxylation sites is 1. The number of imide groups is 1. The highest BCUT2D eigenvalue weighted by molar-refractivity contribution is 6.25. The summed E-state index contributed by atoms with van der Waals surface area (Å²) in [7, 11) is 0. The molecule has 3 aromatic carbocycles. The summed E-state index contributed by atoms with van der Waals surface area (Å²) in [4.78, 5) is 41.5. The minimum Gasteiger partial charge on any atom is -0.271 e. The maximum absolute atomic E-state index is 14.0. The molecule has 7 rings (SSSR count). The Hall–Kier alpha value is -5.06. The number of fused-ring (bicyclic) bond motifs is 2. The van der Waals surface area contributed by atoms with Crippen LogP contribution in [-0.4, -0.2) is 52.1 Å². The van der Waals surface area contributed by atoms with Crippen LogP contribution in [0.3, 0.4) is 0 Å². The van der Waals surface area contributed by atoms with Gasteiger partial charge in [-0.2, -0.15) is 10.2 Å². The van der Waals surface area contributed by atoms with Crippen LogP contribution in [0.15, 0.2) is 99.9 Å². The maximum Gasteiger partial charge on any atom is 0.264 e. The highest BCUT2D eigenvalue weighted by atomic mass is 19.1. The monoisotopic (exact) mass is 580 g/mol. The van der Waals surface area contributed by atoms with Gasteiger partial charge >= 0.3 is 0 Å². The van der Waals surface area contributed by atoms with Crippen molar-refractivity contribution in [2.24, 2.45) is 21.4 Å². The summed E-state index contributed by atoms with van der Waals surface area (Å²) >= 11 is 0. The van der Waals surface area contributed by atoms with Crippen LogP contribution in [0.5, 0.6) is 0 Å². The van der Waals surface area contributed by atoms with Gasteiger partial charge in [-0.05, 0) is 78.4 Å². The van der Waals surface area contributed by atoms with Crippen molar-refractivity contribution in [2.75, 3.05) is 11.4 Å². The summed E-state index contributed by atoms with van der Waals surface area (Å²) in [6.45, 7) is -0.329. The number of hydrazone groups is 1. The number of hydrogen-bond donors (Lipinski definition) is 0. The van der Waals surface area contributed by atoms with E-state index in [4.69, 9.17) is 5.10 Å². The van der Waals surface area contributed by atoms with Crippen LogP contribution < -0.4 is 4.90 Å². The van der Waals surface area contributed by atoms with E-state index in [0.717, 1.165) is 46.6 Å². The Morgan fingerprint density at radius 1 is 0.884 bits per heavy atom. The van der Waals surface area contributed by atoms with E-state index in [1.54, 1.807) is 54.6 Å². The van der Waals surface area contributed by atoms with Gasteiger partial charge in [-0.25, -0.2) is 18.7 Å². The van der Waals surface area contributed by atoms with Gasteiger partial charge in [-0.3, -0.25) is 19.4 Å². The third-order valence-electron chi connectivity index (χ3n) is 8.35. The minimum absolute atomic E-state index is 0.147. The van der Waals surface area contributed by atoms with Crippen molar-refractivity contribution in [2.45, 2.75) is 37.4 Å². The molecule has 43 heavy (non-hydrogen) atoms. The Morgan fingerprint density at radius 2 is 1.58 bits per heavy atom. The quantitative estimate of drug-likeness (QED) is 0.393. The van der Waals surface area contributed by atoms with Gasteiger partial charge in [0.15, 0.2) is 12.1 Å². The molecule has 3 aromatic rings. The smallest absolute Gasteiger partial charge is 0.264 e.